The summed E-state index contributed by atoms with van der Waals surface area (Å²) in [5.74, 6) is 0.0170. The molecule has 1 amide bonds. The normalized spacial score (nSPS) is 20.4. The highest BCUT2D eigenvalue weighted by molar-refractivity contribution is 5.78. The number of rotatable bonds is 5. The molecule has 1 aromatic heterocycles. The van der Waals surface area contributed by atoms with Crippen LogP contribution in [0.2, 0.25) is 0 Å². The molecule has 0 spiro atoms. The van der Waals surface area contributed by atoms with Crippen molar-refractivity contribution in [3.8, 4) is 5.88 Å². The number of ether oxygens (including phenoxy) is 1. The number of hydrogen-bond donors (Lipinski definition) is 3. The number of carboxylic acid groups (broad SMARTS) is 1. The van der Waals surface area contributed by atoms with Gasteiger partial charge < -0.3 is 20.5 Å². The molecule has 134 valence electrons. The predicted molar refractivity (Wildman–Crippen MR) is 90.1 cm³/mol. The minimum atomic E-state index is -0.984. The Labute approximate surface area is 144 Å². The Morgan fingerprint density at radius 2 is 2.04 bits per heavy atom. The molecule has 1 saturated carbocycles. The van der Waals surface area contributed by atoms with Crippen molar-refractivity contribution < 1.29 is 19.0 Å². The number of hydrogen-bond acceptors (Lipinski definition) is 5. The number of carbonyl (C=O) groups is 1. The summed E-state index contributed by atoms with van der Waals surface area (Å²) in [7, 11) is 1.50. The van der Waals surface area contributed by atoms with E-state index in [2.05, 4.69) is 20.6 Å². The molecule has 1 aromatic carbocycles. The van der Waals surface area contributed by atoms with Gasteiger partial charge in [-0.05, 0) is 37.8 Å². The highest BCUT2D eigenvalue weighted by atomic mass is 19.1. The van der Waals surface area contributed by atoms with Crippen molar-refractivity contribution in [2.45, 2.75) is 44.3 Å². The molecule has 3 N–H and O–H groups in total. The largest absolute Gasteiger partial charge is 0.480 e. The molecule has 0 unspecified atom stereocenters. The maximum Gasteiger partial charge on any atom is 0.404 e. The molecule has 0 aliphatic heterocycles. The number of methoxy groups -OCH3 is 1. The molecule has 0 bridgehead atoms. The minimum Gasteiger partial charge on any atom is -0.480 e. The summed E-state index contributed by atoms with van der Waals surface area (Å²) < 4.78 is 19.4. The van der Waals surface area contributed by atoms with Crippen LogP contribution < -0.4 is 15.4 Å². The minimum absolute atomic E-state index is 0.0000284. The van der Waals surface area contributed by atoms with Crippen molar-refractivity contribution in [2.75, 3.05) is 7.11 Å². The third-order valence-corrected chi connectivity index (χ3v) is 4.57. The van der Waals surface area contributed by atoms with Crippen LogP contribution in [0.4, 0.5) is 9.18 Å². The monoisotopic (exact) mass is 348 g/mol. The zero-order valence-electron chi connectivity index (χ0n) is 14.0. The number of amides is 1. The van der Waals surface area contributed by atoms with E-state index < -0.39 is 6.09 Å². The molecule has 0 saturated heterocycles. The fourth-order valence-corrected chi connectivity index (χ4v) is 3.22. The van der Waals surface area contributed by atoms with Gasteiger partial charge >= 0.3 is 6.09 Å². The van der Waals surface area contributed by atoms with Crippen LogP contribution in [0.15, 0.2) is 18.3 Å². The summed E-state index contributed by atoms with van der Waals surface area (Å²) in [5, 5.41) is 14.6. The molecular weight excluding hydrogens is 327 g/mol. The van der Waals surface area contributed by atoms with Crippen LogP contribution in [-0.4, -0.2) is 40.4 Å². The van der Waals surface area contributed by atoms with Crippen LogP contribution in [0.5, 0.6) is 5.88 Å². The second-order valence-electron chi connectivity index (χ2n) is 6.18. The summed E-state index contributed by atoms with van der Waals surface area (Å²) in [4.78, 5) is 19.2. The molecule has 1 aliphatic carbocycles. The second kappa shape index (κ2) is 7.60. The molecule has 0 atom stereocenters. The van der Waals surface area contributed by atoms with Crippen molar-refractivity contribution in [1.82, 2.24) is 20.6 Å². The Morgan fingerprint density at radius 1 is 1.32 bits per heavy atom. The molecule has 25 heavy (non-hydrogen) atoms. The number of halogens is 1. The maximum atomic E-state index is 14.3. The average molecular weight is 348 g/mol. The van der Waals surface area contributed by atoms with Crippen molar-refractivity contribution in [3.63, 3.8) is 0 Å². The van der Waals surface area contributed by atoms with Gasteiger partial charge in [0.1, 0.15) is 11.3 Å². The SMILES string of the molecule is COc1cnc2ccc(F)c(CNC3CCC(NC(=O)O)CC3)c2n1. The van der Waals surface area contributed by atoms with Crippen LogP contribution in [0.3, 0.4) is 0 Å². The lowest BCUT2D eigenvalue weighted by atomic mass is 9.91. The van der Waals surface area contributed by atoms with Gasteiger partial charge in [-0.3, -0.25) is 0 Å². The van der Waals surface area contributed by atoms with Gasteiger partial charge in [-0.2, -0.15) is 0 Å². The van der Waals surface area contributed by atoms with Gasteiger partial charge in [0.25, 0.3) is 0 Å². The maximum absolute atomic E-state index is 14.3. The molecule has 1 heterocycles. The van der Waals surface area contributed by atoms with Crippen LogP contribution in [0.25, 0.3) is 11.0 Å². The van der Waals surface area contributed by atoms with Crippen molar-refractivity contribution in [3.05, 3.63) is 29.7 Å². The van der Waals surface area contributed by atoms with Gasteiger partial charge in [0.2, 0.25) is 5.88 Å². The fourth-order valence-electron chi connectivity index (χ4n) is 3.22. The average Bonchev–Trinajstić information content (AvgIpc) is 2.61. The third kappa shape index (κ3) is 4.14. The summed E-state index contributed by atoms with van der Waals surface area (Å²) in [6.45, 7) is 0.340. The Bertz CT molecular complexity index is 763. The molecule has 3 rings (SSSR count). The standard InChI is InChI=1S/C17H21FN4O3/c1-25-15-9-20-14-7-6-13(18)12(16(14)22-15)8-19-10-2-4-11(5-3-10)21-17(23)24/h6-7,9-11,19,21H,2-5,8H2,1H3,(H,23,24). The van der Waals surface area contributed by atoms with E-state index in [1.807, 2.05) is 0 Å². The van der Waals surface area contributed by atoms with E-state index in [0.717, 1.165) is 25.7 Å². The molecule has 8 heteroatoms. The van der Waals surface area contributed by atoms with Gasteiger partial charge in [0.15, 0.2) is 0 Å². The smallest absolute Gasteiger partial charge is 0.404 e. The highest BCUT2D eigenvalue weighted by Crippen LogP contribution is 2.23. The lowest BCUT2D eigenvalue weighted by Crippen LogP contribution is -2.41. The lowest BCUT2D eigenvalue weighted by Gasteiger charge is -2.29. The number of fused-ring (bicyclic) bond motifs is 1. The molecule has 0 radical (unpaired) electrons. The zero-order chi connectivity index (χ0) is 17.8. The first-order chi connectivity index (χ1) is 12.1. The van der Waals surface area contributed by atoms with Gasteiger partial charge in [0.05, 0.1) is 18.8 Å². The van der Waals surface area contributed by atoms with Crippen molar-refractivity contribution in [2.24, 2.45) is 0 Å². The quantitative estimate of drug-likeness (QED) is 0.768. The Hall–Kier alpha value is -2.48. The summed E-state index contributed by atoms with van der Waals surface area (Å²) in [6.07, 6.45) is 3.75. The molecular formula is C17H21FN4O3. The van der Waals surface area contributed by atoms with Crippen LogP contribution in [0.1, 0.15) is 31.2 Å². The van der Waals surface area contributed by atoms with E-state index in [-0.39, 0.29) is 17.9 Å². The second-order valence-corrected chi connectivity index (χ2v) is 6.18. The number of benzene rings is 1. The highest BCUT2D eigenvalue weighted by Gasteiger charge is 2.22. The van der Waals surface area contributed by atoms with Crippen LogP contribution >= 0.6 is 0 Å². The predicted octanol–water partition coefficient (Wildman–Crippen LogP) is 2.45. The summed E-state index contributed by atoms with van der Waals surface area (Å²) in [5.41, 5.74) is 1.58. The molecule has 1 fully saturated rings. The summed E-state index contributed by atoms with van der Waals surface area (Å²) in [6, 6.07) is 3.22. The van der Waals surface area contributed by atoms with Crippen molar-refractivity contribution >= 4 is 17.1 Å². The van der Waals surface area contributed by atoms with Gasteiger partial charge in [-0.25, -0.2) is 19.2 Å². The first kappa shape index (κ1) is 17.3. The third-order valence-electron chi connectivity index (χ3n) is 4.57. The zero-order valence-corrected chi connectivity index (χ0v) is 14.0. The molecule has 2 aromatic rings. The first-order valence-electron chi connectivity index (χ1n) is 8.27. The van der Waals surface area contributed by atoms with E-state index in [1.54, 1.807) is 6.07 Å². The fraction of sp³-hybridized carbons (Fsp3) is 0.471. The Kier molecular flexibility index (Phi) is 5.28. The van der Waals surface area contributed by atoms with E-state index in [0.29, 0.717) is 29.0 Å². The van der Waals surface area contributed by atoms with E-state index in [4.69, 9.17) is 9.84 Å². The van der Waals surface area contributed by atoms with Crippen molar-refractivity contribution in [1.29, 1.82) is 0 Å². The lowest BCUT2D eigenvalue weighted by molar-refractivity contribution is 0.183. The first-order valence-corrected chi connectivity index (χ1v) is 8.27. The van der Waals surface area contributed by atoms with Crippen LogP contribution in [-0.2, 0) is 6.54 Å². The molecule has 1 aliphatic rings. The van der Waals surface area contributed by atoms with Gasteiger partial charge in [-0.1, -0.05) is 0 Å². The topological polar surface area (TPSA) is 96.4 Å². The summed E-state index contributed by atoms with van der Waals surface area (Å²) >= 11 is 0. The van der Waals surface area contributed by atoms with E-state index in [1.165, 1.54) is 19.4 Å². The van der Waals surface area contributed by atoms with Gasteiger partial charge in [-0.15, -0.1) is 0 Å². The molecule has 7 nitrogen and oxygen atoms in total. The van der Waals surface area contributed by atoms with Gasteiger partial charge in [0, 0.05) is 24.2 Å². The Morgan fingerprint density at radius 3 is 2.72 bits per heavy atom. The Balaban J connectivity index is 1.67. The van der Waals surface area contributed by atoms with E-state index in [9.17, 15) is 9.18 Å². The van der Waals surface area contributed by atoms with Crippen LogP contribution in [0, 0.1) is 5.82 Å². The number of nitrogens with one attached hydrogen (secondary N) is 2. The number of nitrogens with zero attached hydrogens (tertiary/aromatic N) is 2. The van der Waals surface area contributed by atoms with E-state index >= 15 is 0 Å². The number of aromatic nitrogens is 2.